The van der Waals surface area contributed by atoms with Crippen LogP contribution >= 0.6 is 11.6 Å². The predicted molar refractivity (Wildman–Crippen MR) is 38.3 cm³/mol. The second-order valence-corrected chi connectivity index (χ2v) is 2.40. The molecule has 1 rings (SSSR count). The van der Waals surface area contributed by atoms with E-state index in [4.69, 9.17) is 11.6 Å². The van der Waals surface area contributed by atoms with E-state index in [0.717, 1.165) is 11.8 Å². The lowest BCUT2D eigenvalue weighted by molar-refractivity contribution is 0.111. The summed E-state index contributed by atoms with van der Waals surface area (Å²) in [4.78, 5) is 10.3. The summed E-state index contributed by atoms with van der Waals surface area (Å²) in [6.45, 7) is 1.76. The van der Waals surface area contributed by atoms with Crippen LogP contribution in [0.4, 0.5) is 0 Å². The zero-order chi connectivity index (χ0) is 7.72. The van der Waals surface area contributed by atoms with Crippen molar-refractivity contribution in [2.75, 3.05) is 0 Å². The highest BCUT2D eigenvalue weighted by Gasteiger charge is 2.07. The Labute approximate surface area is 63.6 Å². The predicted octanol–water partition coefficient (Wildman–Crippen LogP) is 1.19. The summed E-state index contributed by atoms with van der Waals surface area (Å²) in [5, 5.41) is 4.23. The van der Waals surface area contributed by atoms with E-state index in [0.29, 0.717) is 10.8 Å². The van der Waals surface area contributed by atoms with Crippen LogP contribution in [0.15, 0.2) is 0 Å². The number of carbonyl (C=O) groups is 1. The molecular weight excluding hydrogens is 152 g/mol. The van der Waals surface area contributed by atoms with Gasteiger partial charge in [-0.1, -0.05) is 11.6 Å². The first-order chi connectivity index (χ1) is 4.66. The Morgan fingerprint density at radius 2 is 2.30 bits per heavy atom. The third-order valence-corrected chi connectivity index (χ3v) is 1.75. The molecule has 1 aromatic heterocycles. The van der Waals surface area contributed by atoms with Crippen LogP contribution in [0, 0.1) is 6.92 Å². The maximum absolute atomic E-state index is 10.3. The van der Waals surface area contributed by atoms with Crippen molar-refractivity contribution in [3.63, 3.8) is 0 Å². The van der Waals surface area contributed by atoms with Gasteiger partial charge in [0.25, 0.3) is 0 Å². The van der Waals surface area contributed by atoms with Crippen LogP contribution in [-0.4, -0.2) is 16.1 Å². The van der Waals surface area contributed by atoms with Gasteiger partial charge < -0.3 is 0 Å². The average Bonchev–Trinajstić information content (AvgIpc) is 2.09. The van der Waals surface area contributed by atoms with Gasteiger partial charge in [-0.3, -0.25) is 9.48 Å². The van der Waals surface area contributed by atoms with Crippen molar-refractivity contribution < 1.29 is 4.79 Å². The van der Waals surface area contributed by atoms with Gasteiger partial charge in [0.05, 0.1) is 0 Å². The zero-order valence-corrected chi connectivity index (χ0v) is 6.51. The standard InChI is InChI=1S/C6H7ClN2O/c1-4-5(3-10)9(2)8-6(4)7/h3H,1-2H3. The number of halogens is 1. The molecule has 0 fully saturated rings. The molecule has 0 aliphatic rings. The summed E-state index contributed by atoms with van der Waals surface area (Å²) in [5.74, 6) is 0. The fraction of sp³-hybridized carbons (Fsp3) is 0.333. The van der Waals surface area contributed by atoms with Crippen LogP contribution in [0.25, 0.3) is 0 Å². The summed E-state index contributed by atoms with van der Waals surface area (Å²) >= 11 is 5.62. The number of hydrogen-bond donors (Lipinski definition) is 0. The normalized spacial score (nSPS) is 9.90. The van der Waals surface area contributed by atoms with Gasteiger partial charge in [0.2, 0.25) is 0 Å². The average molecular weight is 159 g/mol. The van der Waals surface area contributed by atoms with Crippen molar-refractivity contribution >= 4 is 17.9 Å². The Bertz CT molecular complexity index is 267. The van der Waals surface area contributed by atoms with Crippen molar-refractivity contribution in [1.82, 2.24) is 9.78 Å². The smallest absolute Gasteiger partial charge is 0.168 e. The molecule has 0 radical (unpaired) electrons. The van der Waals surface area contributed by atoms with E-state index >= 15 is 0 Å². The van der Waals surface area contributed by atoms with Crippen molar-refractivity contribution in [1.29, 1.82) is 0 Å². The number of aldehydes is 1. The van der Waals surface area contributed by atoms with E-state index in [9.17, 15) is 4.79 Å². The number of nitrogens with zero attached hydrogens (tertiary/aromatic N) is 2. The molecule has 0 aliphatic carbocycles. The van der Waals surface area contributed by atoms with Crippen molar-refractivity contribution in [2.45, 2.75) is 6.92 Å². The van der Waals surface area contributed by atoms with Crippen LogP contribution < -0.4 is 0 Å². The second-order valence-electron chi connectivity index (χ2n) is 2.04. The molecular formula is C6H7ClN2O. The van der Waals surface area contributed by atoms with Gasteiger partial charge in [-0.15, -0.1) is 0 Å². The van der Waals surface area contributed by atoms with E-state index in [-0.39, 0.29) is 0 Å². The minimum atomic E-state index is 0.393. The topological polar surface area (TPSA) is 34.9 Å². The summed E-state index contributed by atoms with van der Waals surface area (Å²) in [5.41, 5.74) is 1.27. The van der Waals surface area contributed by atoms with Crippen LogP contribution in [-0.2, 0) is 7.05 Å². The third kappa shape index (κ3) is 0.926. The molecule has 0 amide bonds. The molecule has 0 aromatic carbocycles. The lowest BCUT2D eigenvalue weighted by Gasteiger charge is -1.89. The molecule has 1 heterocycles. The molecule has 0 N–H and O–H groups in total. The molecule has 4 heteroatoms. The highest BCUT2D eigenvalue weighted by atomic mass is 35.5. The molecule has 0 atom stereocenters. The fourth-order valence-corrected chi connectivity index (χ4v) is 0.984. The maximum Gasteiger partial charge on any atom is 0.168 e. The molecule has 3 nitrogen and oxygen atoms in total. The minimum Gasteiger partial charge on any atom is -0.296 e. The highest BCUT2D eigenvalue weighted by molar-refractivity contribution is 6.30. The number of hydrogen-bond acceptors (Lipinski definition) is 2. The van der Waals surface area contributed by atoms with Crippen molar-refractivity contribution in [3.8, 4) is 0 Å². The highest BCUT2D eigenvalue weighted by Crippen LogP contribution is 2.14. The number of aromatic nitrogens is 2. The van der Waals surface area contributed by atoms with Gasteiger partial charge >= 0.3 is 0 Å². The van der Waals surface area contributed by atoms with Crippen molar-refractivity contribution in [2.24, 2.45) is 7.05 Å². The van der Waals surface area contributed by atoms with Crippen LogP contribution in [0.1, 0.15) is 16.1 Å². The molecule has 0 saturated carbocycles. The second kappa shape index (κ2) is 2.42. The SMILES string of the molecule is Cc1c(Cl)nn(C)c1C=O. The fourth-order valence-electron chi connectivity index (χ4n) is 0.774. The van der Waals surface area contributed by atoms with E-state index < -0.39 is 0 Å². The van der Waals surface area contributed by atoms with E-state index in [1.165, 1.54) is 4.68 Å². The lowest BCUT2D eigenvalue weighted by Crippen LogP contribution is -1.96. The molecule has 0 saturated heterocycles. The molecule has 0 spiro atoms. The molecule has 1 aromatic rings. The van der Waals surface area contributed by atoms with Crippen LogP contribution in [0.5, 0.6) is 0 Å². The third-order valence-electron chi connectivity index (χ3n) is 1.39. The van der Waals surface area contributed by atoms with Gasteiger partial charge in [-0.25, -0.2) is 0 Å². The Hall–Kier alpha value is -0.830. The van der Waals surface area contributed by atoms with E-state index in [1.54, 1.807) is 14.0 Å². The first-order valence-corrected chi connectivity index (χ1v) is 3.19. The molecule has 54 valence electrons. The van der Waals surface area contributed by atoms with Gasteiger partial charge in [-0.2, -0.15) is 5.10 Å². The zero-order valence-electron chi connectivity index (χ0n) is 5.76. The Morgan fingerprint density at radius 3 is 2.50 bits per heavy atom. The van der Waals surface area contributed by atoms with E-state index in [2.05, 4.69) is 5.10 Å². The first kappa shape index (κ1) is 7.28. The van der Waals surface area contributed by atoms with Crippen LogP contribution in [0.3, 0.4) is 0 Å². The van der Waals surface area contributed by atoms with Gasteiger partial charge in [-0.05, 0) is 6.92 Å². The molecule has 0 unspecified atom stereocenters. The Balaban J connectivity index is 3.33. The molecule has 0 aliphatic heterocycles. The van der Waals surface area contributed by atoms with Gasteiger partial charge in [0.1, 0.15) is 5.69 Å². The number of aryl methyl sites for hydroxylation is 1. The summed E-state index contributed by atoms with van der Waals surface area (Å²) < 4.78 is 1.46. The summed E-state index contributed by atoms with van der Waals surface area (Å²) in [7, 11) is 1.68. The minimum absolute atomic E-state index is 0.393. The first-order valence-electron chi connectivity index (χ1n) is 2.81. The lowest BCUT2D eigenvalue weighted by atomic mass is 10.3. The van der Waals surface area contributed by atoms with Gasteiger partial charge in [0.15, 0.2) is 11.4 Å². The molecule has 0 bridgehead atoms. The van der Waals surface area contributed by atoms with Crippen LogP contribution in [0.2, 0.25) is 5.15 Å². The molecule has 10 heavy (non-hydrogen) atoms. The van der Waals surface area contributed by atoms with Crippen molar-refractivity contribution in [3.05, 3.63) is 16.4 Å². The summed E-state index contributed by atoms with van der Waals surface area (Å²) in [6.07, 6.45) is 0.744. The quantitative estimate of drug-likeness (QED) is 0.576. The Kier molecular flexibility index (Phi) is 1.76. The van der Waals surface area contributed by atoms with E-state index in [1.807, 2.05) is 0 Å². The Morgan fingerprint density at radius 1 is 1.70 bits per heavy atom. The monoisotopic (exact) mass is 158 g/mol. The number of carbonyl (C=O) groups excluding carboxylic acids is 1. The summed E-state index contributed by atoms with van der Waals surface area (Å²) in [6, 6.07) is 0. The largest absolute Gasteiger partial charge is 0.296 e. The maximum atomic E-state index is 10.3. The van der Waals surface area contributed by atoms with Gasteiger partial charge in [0, 0.05) is 12.6 Å². The number of rotatable bonds is 1.